The lowest BCUT2D eigenvalue weighted by molar-refractivity contribution is -0.121. The van der Waals surface area contributed by atoms with E-state index in [-0.39, 0.29) is 5.91 Å². The van der Waals surface area contributed by atoms with Crippen LogP contribution in [0.1, 0.15) is 58.3 Å². The molecule has 0 aliphatic heterocycles. The fraction of sp³-hybridized carbons (Fsp3) is 0.765. The average Bonchev–Trinajstić information content (AvgIpc) is 3.01. The summed E-state index contributed by atoms with van der Waals surface area (Å²) in [7, 11) is 0. The van der Waals surface area contributed by atoms with Crippen molar-refractivity contribution in [3.8, 4) is 0 Å². The number of hydrogen-bond donors (Lipinski definition) is 3. The lowest BCUT2D eigenvalue weighted by Gasteiger charge is -2.22. The first kappa shape index (κ1) is 16.8. The first-order valence-corrected chi connectivity index (χ1v) is 8.77. The Balaban J connectivity index is 1.68. The molecule has 22 heavy (non-hydrogen) atoms. The maximum atomic E-state index is 12.0. The lowest BCUT2D eigenvalue weighted by atomic mass is 9.95. The molecular formula is C17H30N4O. The zero-order valence-electron chi connectivity index (χ0n) is 13.7. The monoisotopic (exact) mass is 306 g/mol. The molecule has 0 heterocycles. The van der Waals surface area contributed by atoms with Gasteiger partial charge < -0.3 is 16.0 Å². The molecule has 0 radical (unpaired) electrons. The predicted octanol–water partition coefficient (Wildman–Crippen LogP) is 2.10. The van der Waals surface area contributed by atoms with Crippen LogP contribution in [0.4, 0.5) is 0 Å². The Morgan fingerprint density at radius 3 is 2.50 bits per heavy atom. The van der Waals surface area contributed by atoms with Crippen molar-refractivity contribution in [2.24, 2.45) is 4.99 Å². The van der Waals surface area contributed by atoms with Crippen molar-refractivity contribution in [1.82, 2.24) is 16.0 Å². The van der Waals surface area contributed by atoms with E-state index in [2.05, 4.69) is 40.0 Å². The zero-order valence-corrected chi connectivity index (χ0v) is 13.7. The van der Waals surface area contributed by atoms with Crippen molar-refractivity contribution >= 4 is 11.9 Å². The van der Waals surface area contributed by atoms with Crippen LogP contribution in [0.25, 0.3) is 0 Å². The standard InChI is InChI=1S/C17H30N4O/c1-2-18-17(21-15-10-6-7-11-15)19-13-12-16(22)20-14-8-4-3-5-9-14/h6-7,14-15H,2-5,8-13H2,1H3,(H,20,22)(H2,18,19,21). The predicted molar refractivity (Wildman–Crippen MR) is 90.9 cm³/mol. The number of nitrogens with one attached hydrogen (secondary N) is 3. The molecule has 0 aromatic rings. The second kappa shape index (κ2) is 9.49. The van der Waals surface area contributed by atoms with Crippen molar-refractivity contribution in [3.05, 3.63) is 12.2 Å². The van der Waals surface area contributed by atoms with Gasteiger partial charge in [0.1, 0.15) is 0 Å². The Hall–Kier alpha value is -1.52. The number of aliphatic imine (C=N–C) groups is 1. The minimum absolute atomic E-state index is 0.133. The van der Waals surface area contributed by atoms with Gasteiger partial charge in [0.2, 0.25) is 5.91 Å². The van der Waals surface area contributed by atoms with Gasteiger partial charge in [0.25, 0.3) is 0 Å². The number of carbonyl (C=O) groups excluding carboxylic acids is 1. The molecule has 1 saturated carbocycles. The molecule has 2 aliphatic carbocycles. The molecule has 3 N–H and O–H groups in total. The van der Waals surface area contributed by atoms with E-state index in [4.69, 9.17) is 0 Å². The highest BCUT2D eigenvalue weighted by atomic mass is 16.1. The molecule has 0 aromatic carbocycles. The maximum Gasteiger partial charge on any atom is 0.222 e. The van der Waals surface area contributed by atoms with E-state index in [1.165, 1.54) is 19.3 Å². The van der Waals surface area contributed by atoms with Crippen molar-refractivity contribution in [2.45, 2.75) is 70.4 Å². The SMILES string of the molecule is CCNC(=NCCC(=O)NC1CCCCC1)NC1CC=CC1. The van der Waals surface area contributed by atoms with Crippen LogP contribution < -0.4 is 16.0 Å². The molecule has 0 bridgehead atoms. The molecule has 2 rings (SSSR count). The fourth-order valence-electron chi connectivity index (χ4n) is 3.06. The Bertz CT molecular complexity index is 391. The average molecular weight is 306 g/mol. The highest BCUT2D eigenvalue weighted by Crippen LogP contribution is 2.17. The molecule has 1 fully saturated rings. The summed E-state index contributed by atoms with van der Waals surface area (Å²) in [6, 6.07) is 0.829. The third-order valence-electron chi connectivity index (χ3n) is 4.27. The summed E-state index contributed by atoms with van der Waals surface area (Å²) in [5.74, 6) is 0.954. The van der Waals surface area contributed by atoms with Crippen LogP contribution in [0.3, 0.4) is 0 Å². The van der Waals surface area contributed by atoms with Crippen molar-refractivity contribution in [1.29, 1.82) is 0 Å². The van der Waals surface area contributed by atoms with Gasteiger partial charge in [0.15, 0.2) is 5.96 Å². The van der Waals surface area contributed by atoms with Crippen molar-refractivity contribution in [3.63, 3.8) is 0 Å². The summed E-state index contributed by atoms with van der Waals surface area (Å²) in [5.41, 5.74) is 0. The van der Waals surface area contributed by atoms with Crippen LogP contribution in [0.5, 0.6) is 0 Å². The first-order chi connectivity index (χ1) is 10.8. The van der Waals surface area contributed by atoms with E-state index in [0.717, 1.165) is 38.2 Å². The third kappa shape index (κ3) is 6.08. The van der Waals surface area contributed by atoms with Gasteiger partial charge in [0.05, 0.1) is 6.54 Å². The topological polar surface area (TPSA) is 65.5 Å². The second-order valence-corrected chi connectivity index (χ2v) is 6.20. The number of rotatable bonds is 6. The summed E-state index contributed by atoms with van der Waals surface area (Å²) in [6.07, 6.45) is 13.0. The summed E-state index contributed by atoms with van der Waals surface area (Å²) < 4.78 is 0. The van der Waals surface area contributed by atoms with Crippen molar-refractivity contribution < 1.29 is 4.79 Å². The van der Waals surface area contributed by atoms with E-state index >= 15 is 0 Å². The molecule has 0 saturated heterocycles. The van der Waals surface area contributed by atoms with E-state index in [1.807, 2.05) is 0 Å². The summed E-state index contributed by atoms with van der Waals surface area (Å²) in [5, 5.41) is 9.80. The van der Waals surface area contributed by atoms with E-state index in [9.17, 15) is 4.79 Å². The molecule has 0 atom stereocenters. The number of carbonyl (C=O) groups is 1. The quantitative estimate of drug-likeness (QED) is 0.400. The maximum absolute atomic E-state index is 12.0. The molecular weight excluding hydrogens is 276 g/mol. The minimum Gasteiger partial charge on any atom is -0.357 e. The van der Waals surface area contributed by atoms with Gasteiger partial charge in [-0.05, 0) is 32.6 Å². The third-order valence-corrected chi connectivity index (χ3v) is 4.27. The second-order valence-electron chi connectivity index (χ2n) is 6.20. The fourth-order valence-corrected chi connectivity index (χ4v) is 3.06. The van der Waals surface area contributed by atoms with Crippen LogP contribution in [0.2, 0.25) is 0 Å². The van der Waals surface area contributed by atoms with Crippen molar-refractivity contribution in [2.75, 3.05) is 13.1 Å². The molecule has 1 amide bonds. The molecule has 5 nitrogen and oxygen atoms in total. The highest BCUT2D eigenvalue weighted by Gasteiger charge is 2.15. The van der Waals surface area contributed by atoms with Gasteiger partial charge in [-0.1, -0.05) is 31.4 Å². The van der Waals surface area contributed by atoms with E-state index in [0.29, 0.717) is 25.0 Å². The Labute approximate surface area is 134 Å². The zero-order chi connectivity index (χ0) is 15.6. The van der Waals surface area contributed by atoms with Gasteiger partial charge in [-0.2, -0.15) is 0 Å². The summed E-state index contributed by atoms with van der Waals surface area (Å²) in [6.45, 7) is 3.42. The van der Waals surface area contributed by atoms with Gasteiger partial charge in [-0.25, -0.2) is 0 Å². The highest BCUT2D eigenvalue weighted by molar-refractivity contribution is 5.81. The van der Waals surface area contributed by atoms with E-state index < -0.39 is 0 Å². The number of guanidine groups is 1. The van der Waals surface area contributed by atoms with Gasteiger partial charge in [-0.3, -0.25) is 9.79 Å². The number of amides is 1. The Kier molecular flexibility index (Phi) is 7.26. The number of hydrogen-bond acceptors (Lipinski definition) is 2. The molecule has 5 heteroatoms. The van der Waals surface area contributed by atoms with Crippen LogP contribution in [-0.2, 0) is 4.79 Å². The van der Waals surface area contributed by atoms with Crippen LogP contribution >= 0.6 is 0 Å². The summed E-state index contributed by atoms with van der Waals surface area (Å²) in [4.78, 5) is 16.5. The minimum atomic E-state index is 0.133. The van der Waals surface area contributed by atoms with E-state index in [1.54, 1.807) is 0 Å². The smallest absolute Gasteiger partial charge is 0.222 e. The summed E-state index contributed by atoms with van der Waals surface area (Å²) >= 11 is 0. The van der Waals surface area contributed by atoms with Gasteiger partial charge in [0, 0.05) is 25.0 Å². The Morgan fingerprint density at radius 2 is 1.82 bits per heavy atom. The molecule has 124 valence electrons. The lowest BCUT2D eigenvalue weighted by Crippen LogP contribution is -2.42. The van der Waals surface area contributed by atoms with Crippen LogP contribution in [0.15, 0.2) is 17.1 Å². The van der Waals surface area contributed by atoms with Gasteiger partial charge in [-0.15, -0.1) is 0 Å². The molecule has 0 spiro atoms. The normalized spacial score (nSPS) is 20.1. The molecule has 0 unspecified atom stereocenters. The van der Waals surface area contributed by atoms with Crippen LogP contribution in [0, 0.1) is 0 Å². The molecule has 2 aliphatic rings. The first-order valence-electron chi connectivity index (χ1n) is 8.77. The largest absolute Gasteiger partial charge is 0.357 e. The van der Waals surface area contributed by atoms with Gasteiger partial charge >= 0.3 is 0 Å². The van der Waals surface area contributed by atoms with Crippen LogP contribution in [-0.4, -0.2) is 37.0 Å². The Morgan fingerprint density at radius 1 is 1.09 bits per heavy atom. The molecule has 0 aromatic heterocycles. The number of nitrogens with zero attached hydrogens (tertiary/aromatic N) is 1.